The van der Waals surface area contributed by atoms with Crippen molar-refractivity contribution in [2.75, 3.05) is 6.61 Å². The van der Waals surface area contributed by atoms with Crippen molar-refractivity contribution in [2.24, 2.45) is 4.99 Å². The van der Waals surface area contributed by atoms with Crippen molar-refractivity contribution in [3.8, 4) is 0 Å². The number of aromatic nitrogens is 3. The van der Waals surface area contributed by atoms with Gasteiger partial charge in [0.25, 0.3) is 11.6 Å². The molecule has 2 heterocycles. The van der Waals surface area contributed by atoms with Gasteiger partial charge in [-0.1, -0.05) is 11.3 Å². The molecule has 0 N–H and O–H groups in total. The maximum absolute atomic E-state index is 12.8. The molecular formula is C18H19N5O5S. The first-order chi connectivity index (χ1) is 13.8. The second kappa shape index (κ2) is 8.35. The van der Waals surface area contributed by atoms with Crippen LogP contribution in [0, 0.1) is 17.0 Å². The van der Waals surface area contributed by atoms with Gasteiger partial charge in [0, 0.05) is 18.7 Å². The minimum absolute atomic E-state index is 0.0837. The Balaban J connectivity index is 2.15. The van der Waals surface area contributed by atoms with Crippen LogP contribution in [0.25, 0.3) is 10.2 Å². The summed E-state index contributed by atoms with van der Waals surface area (Å²) in [5.74, 6) is -1.000. The van der Waals surface area contributed by atoms with Crippen molar-refractivity contribution in [3.63, 3.8) is 0 Å². The first-order valence-corrected chi connectivity index (χ1v) is 9.72. The zero-order chi connectivity index (χ0) is 21.1. The number of nitrogens with zero attached hydrogens (tertiary/aromatic N) is 5. The van der Waals surface area contributed by atoms with E-state index in [1.54, 1.807) is 24.6 Å². The van der Waals surface area contributed by atoms with Crippen LogP contribution in [0.15, 0.2) is 29.3 Å². The summed E-state index contributed by atoms with van der Waals surface area (Å²) in [6.45, 7) is 5.90. The summed E-state index contributed by atoms with van der Waals surface area (Å²) in [6, 6.07) is 5.92. The fraction of sp³-hybridized carbons (Fsp3) is 0.333. The summed E-state index contributed by atoms with van der Waals surface area (Å²) >= 11 is 1.09. The molecule has 0 atom stereocenters. The lowest BCUT2D eigenvalue weighted by atomic mass is 10.3. The average molecular weight is 417 g/mol. The first-order valence-electron chi connectivity index (χ1n) is 8.91. The molecule has 2 aromatic heterocycles. The molecule has 152 valence electrons. The van der Waals surface area contributed by atoms with Crippen molar-refractivity contribution < 1.29 is 19.2 Å². The molecule has 0 saturated heterocycles. The Morgan fingerprint density at radius 2 is 2.07 bits per heavy atom. The third-order valence-corrected chi connectivity index (χ3v) is 5.13. The lowest BCUT2D eigenvalue weighted by molar-refractivity contribution is -0.384. The molecule has 0 unspecified atom stereocenters. The number of hydrogen-bond acceptors (Lipinski definition) is 7. The van der Waals surface area contributed by atoms with Crippen molar-refractivity contribution in [1.82, 2.24) is 14.3 Å². The van der Waals surface area contributed by atoms with E-state index < -0.39 is 16.8 Å². The molecule has 11 heteroatoms. The quantitative estimate of drug-likeness (QED) is 0.345. The van der Waals surface area contributed by atoms with Crippen molar-refractivity contribution in [1.29, 1.82) is 0 Å². The molecule has 0 spiro atoms. The number of thiazole rings is 1. The number of benzene rings is 1. The van der Waals surface area contributed by atoms with Gasteiger partial charge in [-0.25, -0.2) is 0 Å². The SMILES string of the molecule is CCOC(=O)Cn1c(=NC(=O)c2cc(C)nn2CC)sc2cc([N+](=O)[O-])ccc21. The standard InChI is InChI=1S/C18H19N5O5S/c1-4-22-14(8-11(3)20-22)17(25)19-18-21(10-16(24)28-5-2)13-7-6-12(23(26)27)9-15(13)29-18/h6-9H,4-5,10H2,1-3H3. The predicted octanol–water partition coefficient (Wildman–Crippen LogP) is 2.44. The number of rotatable bonds is 6. The smallest absolute Gasteiger partial charge is 0.326 e. The van der Waals surface area contributed by atoms with Crippen molar-refractivity contribution in [2.45, 2.75) is 33.9 Å². The van der Waals surface area contributed by atoms with Crippen LogP contribution in [-0.4, -0.2) is 37.8 Å². The fourth-order valence-corrected chi connectivity index (χ4v) is 3.91. The summed E-state index contributed by atoms with van der Waals surface area (Å²) in [5.41, 5.74) is 1.49. The molecule has 0 bridgehead atoms. The number of hydrogen-bond donors (Lipinski definition) is 0. The third kappa shape index (κ3) is 4.24. The van der Waals surface area contributed by atoms with Gasteiger partial charge in [-0.2, -0.15) is 10.1 Å². The monoisotopic (exact) mass is 417 g/mol. The Hall–Kier alpha value is -3.34. The molecule has 10 nitrogen and oxygen atoms in total. The number of esters is 1. The molecule has 0 aliphatic carbocycles. The van der Waals surface area contributed by atoms with Gasteiger partial charge in [0.05, 0.1) is 27.4 Å². The Labute approximate surface area is 169 Å². The topological polar surface area (TPSA) is 122 Å². The zero-order valence-corrected chi connectivity index (χ0v) is 16.9. The molecular weight excluding hydrogens is 398 g/mol. The van der Waals surface area contributed by atoms with Gasteiger partial charge in [-0.3, -0.25) is 24.4 Å². The van der Waals surface area contributed by atoms with Crippen LogP contribution in [0.2, 0.25) is 0 Å². The lowest BCUT2D eigenvalue weighted by Crippen LogP contribution is -2.23. The molecule has 29 heavy (non-hydrogen) atoms. The number of ether oxygens (including phenoxy) is 1. The molecule has 1 amide bonds. The maximum Gasteiger partial charge on any atom is 0.326 e. The molecule has 0 saturated carbocycles. The van der Waals surface area contributed by atoms with E-state index in [2.05, 4.69) is 10.1 Å². The summed E-state index contributed by atoms with van der Waals surface area (Å²) in [5, 5.41) is 15.3. The highest BCUT2D eigenvalue weighted by molar-refractivity contribution is 7.16. The summed E-state index contributed by atoms with van der Waals surface area (Å²) in [7, 11) is 0. The van der Waals surface area contributed by atoms with E-state index in [0.717, 1.165) is 11.3 Å². The first kappa shape index (κ1) is 20.4. The van der Waals surface area contributed by atoms with E-state index in [0.29, 0.717) is 28.1 Å². The normalized spacial score (nSPS) is 11.8. The van der Waals surface area contributed by atoms with E-state index in [-0.39, 0.29) is 23.6 Å². The molecule has 3 aromatic rings. The number of carbonyl (C=O) groups excluding carboxylic acids is 2. The zero-order valence-electron chi connectivity index (χ0n) is 16.1. The summed E-state index contributed by atoms with van der Waals surface area (Å²) in [6.07, 6.45) is 0. The van der Waals surface area contributed by atoms with Crippen LogP contribution < -0.4 is 4.80 Å². The Bertz CT molecular complexity index is 1170. The van der Waals surface area contributed by atoms with Crippen molar-refractivity contribution in [3.05, 3.63) is 50.6 Å². The molecule has 3 rings (SSSR count). The average Bonchev–Trinajstić information content (AvgIpc) is 3.21. The molecule has 0 radical (unpaired) electrons. The second-order valence-electron chi connectivity index (χ2n) is 6.09. The van der Waals surface area contributed by atoms with E-state index in [1.165, 1.54) is 22.8 Å². The van der Waals surface area contributed by atoms with Gasteiger partial charge in [0.2, 0.25) is 0 Å². The van der Waals surface area contributed by atoms with Crippen LogP contribution in [0.4, 0.5) is 5.69 Å². The Morgan fingerprint density at radius 1 is 1.31 bits per heavy atom. The largest absolute Gasteiger partial charge is 0.465 e. The minimum Gasteiger partial charge on any atom is -0.465 e. The van der Waals surface area contributed by atoms with Crippen LogP contribution in [-0.2, 0) is 22.6 Å². The van der Waals surface area contributed by atoms with Gasteiger partial charge in [0.15, 0.2) is 4.80 Å². The van der Waals surface area contributed by atoms with E-state index in [9.17, 15) is 19.7 Å². The summed E-state index contributed by atoms with van der Waals surface area (Å²) < 4.78 is 8.62. The number of nitro benzene ring substituents is 1. The minimum atomic E-state index is -0.508. The summed E-state index contributed by atoms with van der Waals surface area (Å²) in [4.78, 5) is 39.8. The van der Waals surface area contributed by atoms with E-state index in [4.69, 9.17) is 4.74 Å². The highest BCUT2D eigenvalue weighted by Crippen LogP contribution is 2.23. The number of nitro groups is 1. The second-order valence-corrected chi connectivity index (χ2v) is 7.10. The van der Waals surface area contributed by atoms with Crippen molar-refractivity contribution >= 4 is 39.1 Å². The van der Waals surface area contributed by atoms with Crippen LogP contribution in [0.1, 0.15) is 30.0 Å². The highest BCUT2D eigenvalue weighted by Gasteiger charge is 2.17. The third-order valence-electron chi connectivity index (χ3n) is 4.09. The fourth-order valence-electron chi connectivity index (χ4n) is 2.85. The van der Waals surface area contributed by atoms with Crippen LogP contribution in [0.5, 0.6) is 0 Å². The van der Waals surface area contributed by atoms with Crippen LogP contribution in [0.3, 0.4) is 0 Å². The van der Waals surface area contributed by atoms with Gasteiger partial charge in [-0.05, 0) is 32.9 Å². The number of amides is 1. The molecule has 0 aliphatic rings. The van der Waals surface area contributed by atoms with E-state index >= 15 is 0 Å². The number of aryl methyl sites for hydroxylation is 2. The lowest BCUT2D eigenvalue weighted by Gasteiger charge is -2.05. The maximum atomic E-state index is 12.8. The predicted molar refractivity (Wildman–Crippen MR) is 106 cm³/mol. The number of fused-ring (bicyclic) bond motifs is 1. The van der Waals surface area contributed by atoms with Gasteiger partial charge < -0.3 is 9.30 Å². The molecule has 1 aromatic carbocycles. The molecule has 0 aliphatic heterocycles. The Kier molecular flexibility index (Phi) is 5.87. The highest BCUT2D eigenvalue weighted by atomic mass is 32.1. The van der Waals surface area contributed by atoms with Crippen LogP contribution >= 0.6 is 11.3 Å². The number of carbonyl (C=O) groups is 2. The van der Waals surface area contributed by atoms with Gasteiger partial charge >= 0.3 is 5.97 Å². The Morgan fingerprint density at radius 3 is 2.72 bits per heavy atom. The molecule has 0 fully saturated rings. The van der Waals surface area contributed by atoms with E-state index in [1.807, 2.05) is 6.92 Å². The van der Waals surface area contributed by atoms with Gasteiger partial charge in [0.1, 0.15) is 12.2 Å². The number of non-ortho nitro benzene ring substituents is 1. The van der Waals surface area contributed by atoms with Gasteiger partial charge in [-0.15, -0.1) is 0 Å².